The normalized spacial score (nSPS) is 23.3. The van der Waals surface area contributed by atoms with Crippen LogP contribution in [0.3, 0.4) is 0 Å². The van der Waals surface area contributed by atoms with Crippen LogP contribution < -0.4 is 11.5 Å². The van der Waals surface area contributed by atoms with Gasteiger partial charge in [0.2, 0.25) is 5.91 Å². The Labute approximate surface area is 97.1 Å². The lowest BCUT2D eigenvalue weighted by atomic mass is 10.1. The van der Waals surface area contributed by atoms with Gasteiger partial charge in [0.15, 0.2) is 0 Å². The predicted molar refractivity (Wildman–Crippen MR) is 62.9 cm³/mol. The van der Waals surface area contributed by atoms with E-state index in [4.69, 9.17) is 16.2 Å². The molecule has 2 unspecified atom stereocenters. The Hall–Kier alpha value is -0.650. The largest absolute Gasteiger partial charge is 0.377 e. The Bertz CT molecular complexity index is 217. The van der Waals surface area contributed by atoms with Gasteiger partial charge in [-0.05, 0) is 26.3 Å². The lowest BCUT2D eigenvalue weighted by molar-refractivity contribution is -0.119. The van der Waals surface area contributed by atoms with Crippen LogP contribution in [-0.4, -0.2) is 49.7 Å². The summed E-state index contributed by atoms with van der Waals surface area (Å²) in [5.41, 5.74) is 10.8. The number of carbonyl (C=O) groups is 1. The molecule has 2 atom stereocenters. The molecule has 1 amide bonds. The SMILES string of the molecule is CN(CC1CCCCO1)C(CN)CC(N)=O. The van der Waals surface area contributed by atoms with Gasteiger partial charge < -0.3 is 16.2 Å². The minimum Gasteiger partial charge on any atom is -0.377 e. The van der Waals surface area contributed by atoms with Gasteiger partial charge in [0.1, 0.15) is 0 Å². The Morgan fingerprint density at radius 3 is 2.81 bits per heavy atom. The monoisotopic (exact) mass is 229 g/mol. The number of nitrogens with zero attached hydrogens (tertiary/aromatic N) is 1. The van der Waals surface area contributed by atoms with Crippen molar-refractivity contribution in [3.8, 4) is 0 Å². The fourth-order valence-electron chi connectivity index (χ4n) is 2.07. The van der Waals surface area contributed by atoms with Crippen LogP contribution in [0.5, 0.6) is 0 Å². The third kappa shape index (κ3) is 4.47. The topological polar surface area (TPSA) is 81.6 Å². The van der Waals surface area contributed by atoms with E-state index in [1.807, 2.05) is 7.05 Å². The zero-order chi connectivity index (χ0) is 12.0. The lowest BCUT2D eigenvalue weighted by Gasteiger charge is -2.31. The molecule has 1 aliphatic heterocycles. The number of rotatable bonds is 6. The van der Waals surface area contributed by atoms with E-state index in [0.717, 1.165) is 26.0 Å². The molecule has 0 aliphatic carbocycles. The van der Waals surface area contributed by atoms with E-state index in [1.54, 1.807) is 0 Å². The van der Waals surface area contributed by atoms with E-state index in [-0.39, 0.29) is 18.1 Å². The third-order valence-electron chi connectivity index (χ3n) is 3.10. The standard InChI is InChI=1S/C11H23N3O2/c1-14(9(7-12)6-11(13)15)8-10-4-2-3-5-16-10/h9-10H,2-8,12H2,1H3,(H2,13,15). The van der Waals surface area contributed by atoms with Crippen LogP contribution in [0.4, 0.5) is 0 Å². The molecule has 5 nitrogen and oxygen atoms in total. The highest BCUT2D eigenvalue weighted by atomic mass is 16.5. The summed E-state index contributed by atoms with van der Waals surface area (Å²) in [6.07, 6.45) is 4.07. The van der Waals surface area contributed by atoms with Crippen molar-refractivity contribution in [2.75, 3.05) is 26.7 Å². The van der Waals surface area contributed by atoms with E-state index in [0.29, 0.717) is 13.0 Å². The summed E-state index contributed by atoms with van der Waals surface area (Å²) in [4.78, 5) is 13.0. The molecular weight excluding hydrogens is 206 g/mol. The Kier molecular flexibility index (Phi) is 5.73. The molecule has 1 saturated heterocycles. The maximum absolute atomic E-state index is 10.9. The quantitative estimate of drug-likeness (QED) is 0.654. The van der Waals surface area contributed by atoms with Gasteiger partial charge in [-0.2, -0.15) is 0 Å². The minimum absolute atomic E-state index is 0.0306. The molecule has 1 rings (SSSR count). The van der Waals surface area contributed by atoms with Crippen LogP contribution in [0, 0.1) is 0 Å². The maximum Gasteiger partial charge on any atom is 0.219 e. The molecule has 5 heteroatoms. The van der Waals surface area contributed by atoms with Gasteiger partial charge in [-0.25, -0.2) is 0 Å². The number of primary amides is 1. The summed E-state index contributed by atoms with van der Waals surface area (Å²) in [6.45, 7) is 2.13. The molecule has 16 heavy (non-hydrogen) atoms. The molecular formula is C11H23N3O2. The molecule has 0 aromatic carbocycles. The van der Waals surface area contributed by atoms with Crippen molar-refractivity contribution in [1.82, 2.24) is 4.90 Å². The van der Waals surface area contributed by atoms with E-state index in [9.17, 15) is 4.79 Å². The van der Waals surface area contributed by atoms with Crippen LogP contribution >= 0.6 is 0 Å². The second-order valence-electron chi connectivity index (χ2n) is 4.49. The molecule has 0 aromatic rings. The fraction of sp³-hybridized carbons (Fsp3) is 0.909. The zero-order valence-electron chi connectivity index (χ0n) is 10.0. The zero-order valence-corrected chi connectivity index (χ0v) is 10.0. The van der Waals surface area contributed by atoms with Crippen molar-refractivity contribution >= 4 is 5.91 Å². The molecule has 1 fully saturated rings. The summed E-state index contributed by atoms with van der Waals surface area (Å²) in [5, 5.41) is 0. The lowest BCUT2D eigenvalue weighted by Crippen LogP contribution is -2.45. The number of hydrogen-bond donors (Lipinski definition) is 2. The van der Waals surface area contributed by atoms with E-state index >= 15 is 0 Å². The molecule has 0 bridgehead atoms. The number of likely N-dealkylation sites (N-methyl/N-ethyl adjacent to an activating group) is 1. The van der Waals surface area contributed by atoms with Gasteiger partial charge in [-0.3, -0.25) is 9.69 Å². The van der Waals surface area contributed by atoms with Gasteiger partial charge in [-0.1, -0.05) is 0 Å². The van der Waals surface area contributed by atoms with E-state index in [2.05, 4.69) is 4.90 Å². The molecule has 0 spiro atoms. The van der Waals surface area contributed by atoms with Gasteiger partial charge >= 0.3 is 0 Å². The van der Waals surface area contributed by atoms with Gasteiger partial charge in [0.25, 0.3) is 0 Å². The van der Waals surface area contributed by atoms with Crippen molar-refractivity contribution < 1.29 is 9.53 Å². The molecule has 94 valence electrons. The molecule has 1 aliphatic rings. The number of nitrogens with two attached hydrogens (primary N) is 2. The van der Waals surface area contributed by atoms with Crippen molar-refractivity contribution in [2.45, 2.75) is 37.8 Å². The highest BCUT2D eigenvalue weighted by molar-refractivity contribution is 5.74. The molecule has 4 N–H and O–H groups in total. The summed E-state index contributed by atoms with van der Waals surface area (Å²) >= 11 is 0. The molecule has 0 saturated carbocycles. The van der Waals surface area contributed by atoms with Gasteiger partial charge in [-0.15, -0.1) is 0 Å². The Balaban J connectivity index is 2.35. The summed E-state index contributed by atoms with van der Waals surface area (Å²) in [7, 11) is 1.97. The summed E-state index contributed by atoms with van der Waals surface area (Å²) in [5.74, 6) is -0.299. The highest BCUT2D eigenvalue weighted by Crippen LogP contribution is 2.14. The van der Waals surface area contributed by atoms with E-state index in [1.165, 1.54) is 6.42 Å². The van der Waals surface area contributed by atoms with Crippen molar-refractivity contribution in [2.24, 2.45) is 11.5 Å². The molecule has 0 radical (unpaired) electrons. The first-order valence-electron chi connectivity index (χ1n) is 5.93. The Morgan fingerprint density at radius 2 is 2.31 bits per heavy atom. The number of ether oxygens (including phenoxy) is 1. The predicted octanol–water partition coefficient (Wildman–Crippen LogP) is -0.310. The van der Waals surface area contributed by atoms with Crippen LogP contribution in [0.15, 0.2) is 0 Å². The van der Waals surface area contributed by atoms with Crippen molar-refractivity contribution in [1.29, 1.82) is 0 Å². The average Bonchev–Trinajstić information content (AvgIpc) is 2.26. The first-order valence-corrected chi connectivity index (χ1v) is 5.93. The van der Waals surface area contributed by atoms with Crippen molar-refractivity contribution in [3.05, 3.63) is 0 Å². The number of amides is 1. The third-order valence-corrected chi connectivity index (χ3v) is 3.10. The first-order chi connectivity index (χ1) is 7.63. The number of hydrogen-bond acceptors (Lipinski definition) is 4. The van der Waals surface area contributed by atoms with Gasteiger partial charge in [0.05, 0.1) is 6.10 Å². The van der Waals surface area contributed by atoms with E-state index < -0.39 is 0 Å². The average molecular weight is 229 g/mol. The second-order valence-corrected chi connectivity index (χ2v) is 4.49. The van der Waals surface area contributed by atoms with Crippen molar-refractivity contribution in [3.63, 3.8) is 0 Å². The molecule has 1 heterocycles. The minimum atomic E-state index is -0.299. The number of carbonyl (C=O) groups excluding carboxylic acids is 1. The van der Waals surface area contributed by atoms with Crippen LogP contribution in [0.25, 0.3) is 0 Å². The fourth-order valence-corrected chi connectivity index (χ4v) is 2.07. The summed E-state index contributed by atoms with van der Waals surface area (Å²) in [6, 6.07) is 0.0306. The highest BCUT2D eigenvalue weighted by Gasteiger charge is 2.21. The van der Waals surface area contributed by atoms with Crippen LogP contribution in [0.2, 0.25) is 0 Å². The van der Waals surface area contributed by atoms with Crippen LogP contribution in [-0.2, 0) is 9.53 Å². The maximum atomic E-state index is 10.9. The van der Waals surface area contributed by atoms with Crippen LogP contribution in [0.1, 0.15) is 25.7 Å². The Morgan fingerprint density at radius 1 is 1.56 bits per heavy atom. The smallest absolute Gasteiger partial charge is 0.219 e. The molecule has 0 aromatic heterocycles. The first kappa shape index (κ1) is 13.4. The second kappa shape index (κ2) is 6.83. The summed E-state index contributed by atoms with van der Waals surface area (Å²) < 4.78 is 5.65. The van der Waals surface area contributed by atoms with Gasteiger partial charge in [0, 0.05) is 32.2 Å².